The van der Waals surface area contributed by atoms with Crippen LogP contribution < -0.4 is 0 Å². The minimum atomic E-state index is 0.392. The number of benzene rings is 1. The Morgan fingerprint density at radius 2 is 2.31 bits per heavy atom. The number of methoxy groups -OCH3 is 1. The van der Waals surface area contributed by atoms with Crippen LogP contribution in [-0.2, 0) is 11.3 Å². The summed E-state index contributed by atoms with van der Waals surface area (Å²) in [4.78, 5) is 4.24. The van der Waals surface area contributed by atoms with E-state index in [0.29, 0.717) is 17.2 Å². The molecule has 2 aromatic rings. The Bertz CT molecular complexity index is 575. The van der Waals surface area contributed by atoms with Crippen LogP contribution >= 0.6 is 11.6 Å². The van der Waals surface area contributed by atoms with Crippen molar-refractivity contribution in [2.75, 3.05) is 7.11 Å². The highest BCUT2D eigenvalue weighted by Crippen LogP contribution is 2.27. The van der Waals surface area contributed by atoms with E-state index >= 15 is 0 Å². The van der Waals surface area contributed by atoms with Crippen LogP contribution in [0.4, 0.5) is 0 Å². The standard InChI is InChI=1S/C12H9ClN2O/c1-16-7-8-3-2-4-10-11(13)9(5-14)6-15-12(8)10/h2-4,6H,7H2,1H3. The van der Waals surface area contributed by atoms with E-state index in [2.05, 4.69) is 4.98 Å². The van der Waals surface area contributed by atoms with Gasteiger partial charge >= 0.3 is 0 Å². The predicted molar refractivity (Wildman–Crippen MR) is 62.2 cm³/mol. The molecular weight excluding hydrogens is 224 g/mol. The minimum absolute atomic E-state index is 0.392. The Balaban J connectivity index is 2.73. The lowest BCUT2D eigenvalue weighted by Crippen LogP contribution is -1.93. The van der Waals surface area contributed by atoms with E-state index in [0.717, 1.165) is 16.5 Å². The second kappa shape index (κ2) is 4.48. The second-order valence-corrected chi connectivity index (χ2v) is 3.72. The first kappa shape index (κ1) is 10.9. The van der Waals surface area contributed by atoms with Gasteiger partial charge in [0, 0.05) is 24.3 Å². The summed E-state index contributed by atoms with van der Waals surface area (Å²) in [5.41, 5.74) is 2.14. The zero-order valence-corrected chi connectivity index (χ0v) is 9.45. The van der Waals surface area contributed by atoms with Gasteiger partial charge in [-0.2, -0.15) is 5.26 Å². The van der Waals surface area contributed by atoms with E-state index in [4.69, 9.17) is 21.6 Å². The smallest absolute Gasteiger partial charge is 0.102 e. The maximum atomic E-state index is 8.85. The maximum Gasteiger partial charge on any atom is 0.102 e. The van der Waals surface area contributed by atoms with Crippen molar-refractivity contribution in [3.63, 3.8) is 0 Å². The lowest BCUT2D eigenvalue weighted by Gasteiger charge is -2.06. The molecule has 1 aromatic heterocycles. The third-order valence-electron chi connectivity index (χ3n) is 2.34. The molecule has 2 rings (SSSR count). The monoisotopic (exact) mass is 232 g/mol. The van der Waals surface area contributed by atoms with Gasteiger partial charge in [-0.1, -0.05) is 29.8 Å². The number of ether oxygens (including phenoxy) is 1. The molecule has 0 fully saturated rings. The van der Waals surface area contributed by atoms with Crippen LogP contribution in [0.15, 0.2) is 24.4 Å². The highest BCUT2D eigenvalue weighted by Gasteiger charge is 2.08. The molecule has 0 aliphatic carbocycles. The van der Waals surface area contributed by atoms with Gasteiger partial charge in [-0.3, -0.25) is 4.98 Å². The number of nitrogens with zero attached hydrogens (tertiary/aromatic N) is 2. The molecule has 0 unspecified atom stereocenters. The summed E-state index contributed by atoms with van der Waals surface area (Å²) >= 11 is 6.11. The molecule has 4 heteroatoms. The topological polar surface area (TPSA) is 45.9 Å². The first-order chi connectivity index (χ1) is 7.77. The van der Waals surface area contributed by atoms with E-state index < -0.39 is 0 Å². The molecule has 16 heavy (non-hydrogen) atoms. The highest BCUT2D eigenvalue weighted by molar-refractivity contribution is 6.36. The van der Waals surface area contributed by atoms with Crippen molar-refractivity contribution in [3.8, 4) is 6.07 Å². The Labute approximate surface area is 98.2 Å². The molecule has 0 radical (unpaired) electrons. The van der Waals surface area contributed by atoms with Crippen molar-refractivity contribution < 1.29 is 4.74 Å². The zero-order chi connectivity index (χ0) is 11.5. The van der Waals surface area contributed by atoms with E-state index in [1.54, 1.807) is 7.11 Å². The Hall–Kier alpha value is -1.63. The number of rotatable bonds is 2. The molecule has 80 valence electrons. The molecule has 1 aromatic carbocycles. The molecule has 0 bridgehead atoms. The van der Waals surface area contributed by atoms with Crippen LogP contribution in [0.3, 0.4) is 0 Å². The van der Waals surface area contributed by atoms with Gasteiger partial charge in [-0.05, 0) is 0 Å². The molecule has 0 atom stereocenters. The second-order valence-electron chi connectivity index (χ2n) is 3.34. The first-order valence-electron chi connectivity index (χ1n) is 4.73. The molecule has 0 saturated heterocycles. The van der Waals surface area contributed by atoms with Crippen molar-refractivity contribution in [1.82, 2.24) is 4.98 Å². The van der Waals surface area contributed by atoms with E-state index in [-0.39, 0.29) is 0 Å². The van der Waals surface area contributed by atoms with Gasteiger partial charge in [0.25, 0.3) is 0 Å². The van der Waals surface area contributed by atoms with Crippen molar-refractivity contribution in [2.45, 2.75) is 6.61 Å². The van der Waals surface area contributed by atoms with Crippen molar-refractivity contribution in [1.29, 1.82) is 5.26 Å². The van der Waals surface area contributed by atoms with Crippen LogP contribution in [0.2, 0.25) is 5.02 Å². The summed E-state index contributed by atoms with van der Waals surface area (Å²) in [6.07, 6.45) is 1.49. The minimum Gasteiger partial charge on any atom is -0.380 e. The number of aromatic nitrogens is 1. The van der Waals surface area contributed by atoms with Gasteiger partial charge in [-0.15, -0.1) is 0 Å². The fourth-order valence-corrected chi connectivity index (χ4v) is 1.85. The molecule has 0 N–H and O–H groups in total. The number of halogens is 1. The van der Waals surface area contributed by atoms with Gasteiger partial charge in [0.1, 0.15) is 6.07 Å². The highest BCUT2D eigenvalue weighted by atomic mass is 35.5. The average molecular weight is 233 g/mol. The Morgan fingerprint density at radius 1 is 1.50 bits per heavy atom. The largest absolute Gasteiger partial charge is 0.380 e. The van der Waals surface area contributed by atoms with Crippen LogP contribution in [0, 0.1) is 11.3 Å². The Morgan fingerprint density at radius 3 is 3.00 bits per heavy atom. The van der Waals surface area contributed by atoms with Gasteiger partial charge in [0.15, 0.2) is 0 Å². The van der Waals surface area contributed by atoms with Gasteiger partial charge in [0.2, 0.25) is 0 Å². The summed E-state index contributed by atoms with van der Waals surface area (Å²) in [7, 11) is 1.63. The van der Waals surface area contributed by atoms with E-state index in [9.17, 15) is 0 Å². The number of para-hydroxylation sites is 1. The lowest BCUT2D eigenvalue weighted by molar-refractivity contribution is 0.186. The molecule has 3 nitrogen and oxygen atoms in total. The molecule has 0 amide bonds. The number of hydrogen-bond donors (Lipinski definition) is 0. The molecule has 0 aliphatic rings. The number of pyridine rings is 1. The number of nitriles is 1. The lowest BCUT2D eigenvalue weighted by atomic mass is 10.1. The van der Waals surface area contributed by atoms with Crippen LogP contribution in [0.25, 0.3) is 10.9 Å². The van der Waals surface area contributed by atoms with E-state index in [1.165, 1.54) is 6.20 Å². The van der Waals surface area contributed by atoms with Crippen LogP contribution in [0.5, 0.6) is 0 Å². The van der Waals surface area contributed by atoms with Gasteiger partial charge in [-0.25, -0.2) is 0 Å². The molecule has 1 heterocycles. The summed E-state index contributed by atoms with van der Waals surface area (Å²) in [5, 5.41) is 10.1. The zero-order valence-electron chi connectivity index (χ0n) is 8.70. The maximum absolute atomic E-state index is 8.85. The SMILES string of the molecule is COCc1cccc2c(Cl)c(C#N)cnc12. The summed E-state index contributed by atoms with van der Waals surface area (Å²) in [6, 6.07) is 7.68. The normalized spacial score (nSPS) is 10.3. The van der Waals surface area contributed by atoms with Crippen molar-refractivity contribution >= 4 is 22.5 Å². The van der Waals surface area contributed by atoms with Gasteiger partial charge in [0.05, 0.1) is 22.7 Å². The first-order valence-corrected chi connectivity index (χ1v) is 5.11. The molecular formula is C12H9ClN2O. The third kappa shape index (κ3) is 1.73. The fraction of sp³-hybridized carbons (Fsp3) is 0.167. The van der Waals surface area contributed by atoms with Gasteiger partial charge < -0.3 is 4.74 Å². The quantitative estimate of drug-likeness (QED) is 0.800. The summed E-state index contributed by atoms with van der Waals surface area (Å²) in [6.45, 7) is 0.479. The average Bonchev–Trinajstić information content (AvgIpc) is 2.31. The van der Waals surface area contributed by atoms with Crippen LogP contribution in [-0.4, -0.2) is 12.1 Å². The molecule has 0 saturated carbocycles. The number of fused-ring (bicyclic) bond motifs is 1. The molecule has 0 spiro atoms. The summed E-state index contributed by atoms with van der Waals surface area (Å²) < 4.78 is 5.08. The third-order valence-corrected chi connectivity index (χ3v) is 2.74. The fourth-order valence-electron chi connectivity index (χ4n) is 1.60. The molecule has 0 aliphatic heterocycles. The van der Waals surface area contributed by atoms with Crippen molar-refractivity contribution in [3.05, 3.63) is 40.5 Å². The summed E-state index contributed by atoms with van der Waals surface area (Å²) in [5.74, 6) is 0. The van der Waals surface area contributed by atoms with Crippen LogP contribution in [0.1, 0.15) is 11.1 Å². The predicted octanol–water partition coefficient (Wildman–Crippen LogP) is 2.91. The number of hydrogen-bond acceptors (Lipinski definition) is 3. The Kier molecular flexibility index (Phi) is 3.04. The van der Waals surface area contributed by atoms with Crippen molar-refractivity contribution in [2.24, 2.45) is 0 Å². The van der Waals surface area contributed by atoms with E-state index in [1.807, 2.05) is 24.3 Å².